The van der Waals surface area contributed by atoms with Crippen LogP contribution >= 0.6 is 22.6 Å². The molecule has 53 heavy (non-hydrogen) atoms. The summed E-state index contributed by atoms with van der Waals surface area (Å²) in [5.74, 6) is 6.66. The number of aliphatic hydroxyl groups excluding tert-OH is 1. The molecule has 16 heteroatoms. The van der Waals surface area contributed by atoms with E-state index in [-0.39, 0.29) is 94.8 Å². The number of carbonyl (C=O) groups excluding carboxylic acids is 6. The predicted octanol–water partition coefficient (Wildman–Crippen LogP) is 0.107. The Labute approximate surface area is 363 Å². The number of rotatable bonds is 3. The maximum atomic E-state index is 11.6. The summed E-state index contributed by atoms with van der Waals surface area (Å²) in [6, 6.07) is 20.1. The van der Waals surface area contributed by atoms with Crippen LogP contribution < -0.4 is 56.7 Å². The number of fused-ring (bicyclic) bond motifs is 3. The molecule has 0 unspecified atom stereocenters. The number of aliphatic hydroxyl groups is 1. The van der Waals surface area contributed by atoms with Crippen molar-refractivity contribution in [2.45, 2.75) is 0 Å². The van der Waals surface area contributed by atoms with E-state index < -0.39 is 21.9 Å². The normalized spacial score (nSPS) is 12.1. The van der Waals surface area contributed by atoms with Crippen molar-refractivity contribution in [2.24, 2.45) is 0 Å². The molecule has 266 valence electrons. The summed E-state index contributed by atoms with van der Waals surface area (Å²) in [6.07, 6.45) is 20.0. The number of nitrogens with zero attached hydrogens (tertiary/aromatic N) is 2. The van der Waals surface area contributed by atoms with Crippen molar-refractivity contribution in [3.8, 4) is 49.4 Å². The minimum Gasteiger partial charge on any atom is -0.587 e. The van der Waals surface area contributed by atoms with E-state index in [9.17, 15) is 37.2 Å². The van der Waals surface area contributed by atoms with Gasteiger partial charge in [0.15, 0.2) is 0 Å². The number of alkyl halides is 1. The van der Waals surface area contributed by atoms with Gasteiger partial charge >= 0.3 is 51.4 Å². The van der Waals surface area contributed by atoms with Crippen LogP contribution in [0.25, 0.3) is 5.32 Å². The van der Waals surface area contributed by atoms with Crippen LogP contribution in [0.5, 0.6) is 0 Å². The number of carbonyl (C=O) groups is 6. The van der Waals surface area contributed by atoms with Crippen LogP contribution in [0.15, 0.2) is 72.8 Å². The summed E-state index contributed by atoms with van der Waals surface area (Å²) >= 11 is 2.12. The van der Waals surface area contributed by atoms with Gasteiger partial charge in [-0.15, -0.1) is 25.7 Å². The van der Waals surface area contributed by atoms with Gasteiger partial charge in [0.05, 0.1) is 51.3 Å². The van der Waals surface area contributed by atoms with Crippen molar-refractivity contribution >= 4 is 68.2 Å². The van der Waals surface area contributed by atoms with Crippen molar-refractivity contribution in [1.29, 1.82) is 0 Å². The van der Waals surface area contributed by atoms with E-state index in [0.717, 1.165) is 15.6 Å². The largest absolute Gasteiger partial charge is 1.00 e. The number of nitrogens with one attached hydrogen (secondary N) is 1. The minimum atomic E-state index is -3.33. The Hall–Kier alpha value is -4.44. The number of hydrogen-bond acceptors (Lipinski definition) is 10. The van der Waals surface area contributed by atoms with Gasteiger partial charge in [0, 0.05) is 11.1 Å². The molecule has 0 radical (unpaired) electrons. The second kappa shape index (κ2) is 25.5. The van der Waals surface area contributed by atoms with Gasteiger partial charge in [0.1, 0.15) is 13.2 Å². The molecule has 0 aliphatic carbocycles. The second-order valence-corrected chi connectivity index (χ2v) is 11.8. The van der Waals surface area contributed by atoms with Crippen molar-refractivity contribution < 1.29 is 97.9 Å². The first kappa shape index (κ1) is 48.6. The van der Waals surface area contributed by atoms with E-state index in [1.807, 2.05) is 11.8 Å². The molecule has 3 aliphatic rings. The average Bonchev–Trinajstić information content (AvgIpc) is 3.70. The molecule has 0 saturated heterocycles. The summed E-state index contributed by atoms with van der Waals surface area (Å²) in [5.41, 5.74) is 2.64. The van der Waals surface area contributed by atoms with Gasteiger partial charge in [-0.2, -0.15) is 8.42 Å². The fourth-order valence-corrected chi connectivity index (χ4v) is 4.08. The maximum Gasteiger partial charge on any atom is 1.00 e. The van der Waals surface area contributed by atoms with Crippen molar-refractivity contribution in [3.05, 3.63) is 111 Å². The molecule has 0 fully saturated rings. The van der Waals surface area contributed by atoms with E-state index in [1.54, 1.807) is 72.8 Å². The van der Waals surface area contributed by atoms with Crippen LogP contribution in [-0.2, 0) is 14.3 Å². The Bertz CT molecular complexity index is 1920. The van der Waals surface area contributed by atoms with E-state index in [0.29, 0.717) is 33.4 Å². The van der Waals surface area contributed by atoms with Gasteiger partial charge in [-0.05, 0) is 24.3 Å². The summed E-state index contributed by atoms with van der Waals surface area (Å²) in [7, 11) is -3.33. The molecular weight excluding hydrogens is 844 g/mol. The summed E-state index contributed by atoms with van der Waals surface area (Å²) in [6.45, 7) is -0.300. The number of hydrogen-bond donors (Lipinski definition) is 2. The van der Waals surface area contributed by atoms with Gasteiger partial charge in [0.25, 0.3) is 33.7 Å². The van der Waals surface area contributed by atoms with Gasteiger partial charge in [-0.1, -0.05) is 94.8 Å². The first-order valence-electron chi connectivity index (χ1n) is 14.3. The zero-order valence-electron chi connectivity index (χ0n) is 28.4. The average molecular weight is 874 g/mol. The maximum absolute atomic E-state index is 11.6. The molecule has 0 saturated carbocycles. The number of imide groups is 3. The molecule has 6 amide bonds. The molecule has 6 rings (SSSR count). The zero-order chi connectivity index (χ0) is 39.3. The van der Waals surface area contributed by atoms with E-state index in [4.69, 9.17) is 24.4 Å². The monoisotopic (exact) mass is 873 g/mol. The first-order chi connectivity index (χ1) is 24.7. The third-order valence-electron chi connectivity index (χ3n) is 5.89. The summed E-state index contributed by atoms with van der Waals surface area (Å²) < 4.78 is 25.1. The number of halogens is 1. The molecular formula is C37H29IKN3O10S. The topological polar surface area (TPSA) is 195 Å². The van der Waals surface area contributed by atoms with Crippen LogP contribution in [0.4, 0.5) is 0 Å². The Kier molecular flexibility index (Phi) is 23.4. The molecule has 2 N–H and O–H groups in total. The SMILES string of the molecule is C#CCI.C#CCN1C(=O)c2ccccc2C1=O.C#CCO.C#CCOS(C)(=O)=O.O=C1NC(=O)c2ccccc21.O=C1[N-]C(=O)c2ccccc21.[K+]. The number of terminal acetylenes is 4. The second-order valence-electron chi connectivity index (χ2n) is 9.41. The molecule has 3 aromatic rings. The molecule has 3 aromatic carbocycles. The predicted molar refractivity (Wildman–Crippen MR) is 201 cm³/mol. The van der Waals surface area contributed by atoms with Gasteiger partial charge in [0.2, 0.25) is 0 Å². The van der Waals surface area contributed by atoms with Crippen LogP contribution in [0.1, 0.15) is 62.1 Å². The van der Waals surface area contributed by atoms with Crippen LogP contribution in [0, 0.1) is 49.4 Å². The Morgan fingerprint density at radius 3 is 1.34 bits per heavy atom. The minimum absolute atomic E-state index is 0. The van der Waals surface area contributed by atoms with Crippen molar-refractivity contribution in [1.82, 2.24) is 10.2 Å². The third kappa shape index (κ3) is 16.0. The summed E-state index contributed by atoms with van der Waals surface area (Å²) in [4.78, 5) is 68.0. The zero-order valence-corrected chi connectivity index (χ0v) is 34.5. The molecule has 0 atom stereocenters. The molecule has 13 nitrogen and oxygen atoms in total. The standard InChI is InChI=1S/C11H7NO2.2C8H5NO2.C4H6O3S.C3H3I.C3H4O.K/c1-2-7-12-10(13)8-5-3-4-6-9(8)11(12)14;2*10-7-5-3-1-2-4-6(5)8(11)9-7;1-3-4-7-8(2,5)6;2*1-2-3-4;/h1,3-6H,7H2;2*1-4H,(H,9,10,11);1H,4H2,2H3;1H,3H2;1,4H,3H2;/q;;;;;;+1/p-1. The first-order valence-corrected chi connectivity index (χ1v) is 17.6. The molecule has 3 heterocycles. The Morgan fingerprint density at radius 2 is 1.06 bits per heavy atom. The summed E-state index contributed by atoms with van der Waals surface area (Å²) in [5, 5.41) is 13.1. The van der Waals surface area contributed by atoms with E-state index >= 15 is 0 Å². The number of benzene rings is 3. The fraction of sp³-hybridized carbons (Fsp3) is 0.135. The third-order valence-corrected chi connectivity index (χ3v) is 6.87. The van der Waals surface area contributed by atoms with Crippen molar-refractivity contribution in [2.75, 3.05) is 30.4 Å². The van der Waals surface area contributed by atoms with Gasteiger partial charge in [-0.25, -0.2) is 0 Å². The van der Waals surface area contributed by atoms with E-state index in [1.165, 1.54) is 0 Å². The van der Waals surface area contributed by atoms with Crippen LogP contribution in [0.3, 0.4) is 0 Å². The van der Waals surface area contributed by atoms with E-state index in [2.05, 4.69) is 55.7 Å². The fourth-order valence-electron chi connectivity index (χ4n) is 3.80. The van der Waals surface area contributed by atoms with Crippen LogP contribution in [-0.4, -0.2) is 84.3 Å². The quantitative estimate of drug-likeness (QED) is 0.0911. The van der Waals surface area contributed by atoms with Gasteiger partial charge < -0.3 is 20.0 Å². The molecule has 3 aliphatic heterocycles. The van der Waals surface area contributed by atoms with Crippen molar-refractivity contribution in [3.63, 3.8) is 0 Å². The van der Waals surface area contributed by atoms with Crippen LogP contribution in [0.2, 0.25) is 0 Å². The Morgan fingerprint density at radius 1 is 0.698 bits per heavy atom. The molecule has 0 spiro atoms. The Balaban J connectivity index is 0.000000642. The van der Waals surface area contributed by atoms with Gasteiger partial charge in [-0.3, -0.25) is 33.6 Å². The molecule has 0 bridgehead atoms. The number of amides is 6. The molecule has 0 aromatic heterocycles. The smallest absolute Gasteiger partial charge is 0.587 e.